The van der Waals surface area contributed by atoms with Crippen LogP contribution >= 0.6 is 11.3 Å². The van der Waals surface area contributed by atoms with Crippen LogP contribution in [0.15, 0.2) is 22.0 Å². The van der Waals surface area contributed by atoms with Gasteiger partial charge in [-0.05, 0) is 16.8 Å². The van der Waals surface area contributed by atoms with E-state index in [9.17, 15) is 4.79 Å². The fourth-order valence-corrected chi connectivity index (χ4v) is 1.43. The van der Waals surface area contributed by atoms with Crippen LogP contribution < -0.4 is 0 Å². The zero-order valence-corrected chi connectivity index (χ0v) is 6.91. The van der Waals surface area contributed by atoms with Gasteiger partial charge < -0.3 is 10.3 Å². The Kier molecular flexibility index (Phi) is 2.82. The number of carboxylic acids is 1. The molecule has 1 heterocycles. The zero-order chi connectivity index (χ0) is 8.97. The third kappa shape index (κ3) is 2.06. The van der Waals surface area contributed by atoms with E-state index in [0.717, 1.165) is 0 Å². The molecule has 0 bridgehead atoms. The molecule has 0 spiro atoms. The first kappa shape index (κ1) is 8.73. The number of rotatable bonds is 3. The van der Waals surface area contributed by atoms with E-state index < -0.39 is 5.97 Å². The maximum Gasteiger partial charge on any atom is 0.309 e. The van der Waals surface area contributed by atoms with Gasteiger partial charge in [-0.1, -0.05) is 5.16 Å². The summed E-state index contributed by atoms with van der Waals surface area (Å²) in [5.41, 5.74) is 0.841. The van der Waals surface area contributed by atoms with Crippen molar-refractivity contribution in [3.8, 4) is 0 Å². The van der Waals surface area contributed by atoms with Crippen molar-refractivity contribution in [2.75, 3.05) is 0 Å². The van der Waals surface area contributed by atoms with Gasteiger partial charge in [-0.3, -0.25) is 4.79 Å². The van der Waals surface area contributed by atoms with Gasteiger partial charge in [-0.2, -0.15) is 11.3 Å². The molecule has 0 aliphatic carbocycles. The quantitative estimate of drug-likeness (QED) is 0.425. The van der Waals surface area contributed by atoms with Gasteiger partial charge in [0.05, 0.1) is 12.1 Å². The second-order valence-electron chi connectivity index (χ2n) is 2.13. The number of hydrogen-bond donors (Lipinski definition) is 2. The molecule has 0 radical (unpaired) electrons. The molecule has 1 aromatic rings. The Morgan fingerprint density at radius 2 is 2.42 bits per heavy atom. The molecule has 0 aliphatic heterocycles. The van der Waals surface area contributed by atoms with Gasteiger partial charge in [0, 0.05) is 5.56 Å². The van der Waals surface area contributed by atoms with E-state index in [4.69, 9.17) is 10.3 Å². The van der Waals surface area contributed by atoms with Gasteiger partial charge in [0.2, 0.25) is 0 Å². The van der Waals surface area contributed by atoms with Crippen LogP contribution in [0.2, 0.25) is 0 Å². The van der Waals surface area contributed by atoms with Crippen molar-refractivity contribution in [1.29, 1.82) is 0 Å². The van der Waals surface area contributed by atoms with Crippen LogP contribution in [-0.2, 0) is 4.79 Å². The third-order valence-corrected chi connectivity index (χ3v) is 1.98. The minimum Gasteiger partial charge on any atom is -0.481 e. The Bertz CT molecular complexity index is 292. The van der Waals surface area contributed by atoms with Crippen LogP contribution in [0.4, 0.5) is 0 Å². The van der Waals surface area contributed by atoms with Crippen molar-refractivity contribution in [3.05, 3.63) is 22.4 Å². The summed E-state index contributed by atoms with van der Waals surface area (Å²) < 4.78 is 0. The lowest BCUT2D eigenvalue weighted by molar-refractivity contribution is -0.135. The van der Waals surface area contributed by atoms with Gasteiger partial charge in [0.25, 0.3) is 0 Å². The Hall–Kier alpha value is -1.36. The van der Waals surface area contributed by atoms with Crippen LogP contribution in [0, 0.1) is 0 Å². The summed E-state index contributed by atoms with van der Waals surface area (Å²) >= 11 is 1.43. The number of aliphatic carboxylic acids is 1. The SMILES string of the molecule is O=C(O)C/C(=N/O)c1ccsc1. The van der Waals surface area contributed by atoms with Gasteiger partial charge >= 0.3 is 5.97 Å². The predicted molar refractivity (Wildman–Crippen MR) is 44.9 cm³/mol. The molecule has 0 saturated heterocycles. The number of thiophene rings is 1. The highest BCUT2D eigenvalue weighted by atomic mass is 32.1. The van der Waals surface area contributed by atoms with E-state index in [1.807, 2.05) is 0 Å². The summed E-state index contributed by atoms with van der Waals surface area (Å²) in [5, 5.41) is 23.3. The molecule has 64 valence electrons. The Balaban J connectivity index is 2.78. The van der Waals surface area contributed by atoms with E-state index >= 15 is 0 Å². The lowest BCUT2D eigenvalue weighted by Crippen LogP contribution is -2.07. The van der Waals surface area contributed by atoms with Crippen molar-refractivity contribution in [1.82, 2.24) is 0 Å². The van der Waals surface area contributed by atoms with Gasteiger partial charge in [-0.15, -0.1) is 0 Å². The van der Waals surface area contributed by atoms with Crippen LogP contribution in [-0.4, -0.2) is 22.0 Å². The average molecular weight is 185 g/mol. The Morgan fingerprint density at radius 3 is 2.83 bits per heavy atom. The molecule has 2 N–H and O–H groups in total. The first-order valence-electron chi connectivity index (χ1n) is 3.19. The van der Waals surface area contributed by atoms with Crippen molar-refractivity contribution >= 4 is 23.0 Å². The summed E-state index contributed by atoms with van der Waals surface area (Å²) in [5.74, 6) is -1.01. The summed E-state index contributed by atoms with van der Waals surface area (Å²) in [6, 6.07) is 1.71. The highest BCUT2D eigenvalue weighted by Crippen LogP contribution is 2.09. The molecule has 0 amide bonds. The monoisotopic (exact) mass is 185 g/mol. The summed E-state index contributed by atoms with van der Waals surface area (Å²) in [6.45, 7) is 0. The van der Waals surface area contributed by atoms with Crippen molar-refractivity contribution in [3.63, 3.8) is 0 Å². The molecule has 1 rings (SSSR count). The molecular weight excluding hydrogens is 178 g/mol. The fourth-order valence-electron chi connectivity index (χ4n) is 0.767. The van der Waals surface area contributed by atoms with E-state index in [0.29, 0.717) is 5.56 Å². The van der Waals surface area contributed by atoms with Crippen molar-refractivity contribution in [2.24, 2.45) is 5.16 Å². The second kappa shape index (κ2) is 3.87. The number of hydrogen-bond acceptors (Lipinski definition) is 4. The minimum atomic E-state index is -1.01. The number of oxime groups is 1. The van der Waals surface area contributed by atoms with Gasteiger partial charge in [0.1, 0.15) is 0 Å². The maximum absolute atomic E-state index is 10.3. The highest BCUT2D eigenvalue weighted by Gasteiger charge is 2.08. The molecule has 0 unspecified atom stereocenters. The molecule has 0 fully saturated rings. The molecule has 0 aliphatic rings. The molecule has 1 aromatic heterocycles. The molecular formula is C7H7NO3S. The normalized spacial score (nSPS) is 11.5. The summed E-state index contributed by atoms with van der Waals surface area (Å²) in [6.07, 6.45) is -0.257. The van der Waals surface area contributed by atoms with Crippen molar-refractivity contribution < 1.29 is 15.1 Å². The van der Waals surface area contributed by atoms with Gasteiger partial charge in [-0.25, -0.2) is 0 Å². The molecule has 0 aromatic carbocycles. The summed E-state index contributed by atoms with van der Waals surface area (Å²) in [7, 11) is 0. The number of carboxylic acid groups (broad SMARTS) is 1. The second-order valence-corrected chi connectivity index (χ2v) is 2.91. The first-order valence-corrected chi connectivity index (χ1v) is 4.13. The number of carbonyl (C=O) groups is 1. The van der Waals surface area contributed by atoms with Gasteiger partial charge in [0.15, 0.2) is 0 Å². The lowest BCUT2D eigenvalue weighted by atomic mass is 10.1. The van der Waals surface area contributed by atoms with Crippen LogP contribution in [0.25, 0.3) is 0 Å². The first-order chi connectivity index (χ1) is 5.74. The average Bonchev–Trinajstić information content (AvgIpc) is 2.51. The Morgan fingerprint density at radius 1 is 1.67 bits per heavy atom. The van der Waals surface area contributed by atoms with E-state index in [1.165, 1.54) is 11.3 Å². The minimum absolute atomic E-state index is 0.184. The predicted octanol–water partition coefficient (Wildman–Crippen LogP) is 1.40. The van der Waals surface area contributed by atoms with Crippen LogP contribution in [0.5, 0.6) is 0 Å². The molecule has 0 saturated carbocycles. The number of nitrogens with zero attached hydrogens (tertiary/aromatic N) is 1. The standard InChI is InChI=1S/C7H7NO3S/c9-7(10)3-6(8-11)5-1-2-12-4-5/h1-2,4,11H,3H2,(H,9,10)/b8-6-. The summed E-state index contributed by atoms with van der Waals surface area (Å²) in [4.78, 5) is 10.3. The Labute approximate surface area is 72.8 Å². The zero-order valence-electron chi connectivity index (χ0n) is 6.10. The molecule has 5 heteroatoms. The highest BCUT2D eigenvalue weighted by molar-refractivity contribution is 7.08. The molecule has 4 nitrogen and oxygen atoms in total. The smallest absolute Gasteiger partial charge is 0.309 e. The van der Waals surface area contributed by atoms with Crippen LogP contribution in [0.1, 0.15) is 12.0 Å². The largest absolute Gasteiger partial charge is 0.481 e. The van der Waals surface area contributed by atoms with Crippen molar-refractivity contribution in [2.45, 2.75) is 6.42 Å². The van der Waals surface area contributed by atoms with E-state index in [1.54, 1.807) is 16.8 Å². The van der Waals surface area contributed by atoms with E-state index in [2.05, 4.69) is 5.16 Å². The lowest BCUT2D eigenvalue weighted by Gasteiger charge is -1.95. The molecule has 0 atom stereocenters. The maximum atomic E-state index is 10.3. The fraction of sp³-hybridized carbons (Fsp3) is 0.143. The topological polar surface area (TPSA) is 69.9 Å². The third-order valence-electron chi connectivity index (χ3n) is 1.29. The molecule has 12 heavy (non-hydrogen) atoms. The van der Waals surface area contributed by atoms with Crippen LogP contribution in [0.3, 0.4) is 0 Å². The van der Waals surface area contributed by atoms with E-state index in [-0.39, 0.29) is 12.1 Å².